The highest BCUT2D eigenvalue weighted by Crippen LogP contribution is 2.32. The number of carbonyl (C=O) groups is 1. The van der Waals surface area contributed by atoms with E-state index >= 15 is 0 Å². The molecule has 0 spiro atoms. The smallest absolute Gasteiger partial charge is 0.228 e. The van der Waals surface area contributed by atoms with E-state index in [1.165, 1.54) is 0 Å². The monoisotopic (exact) mass is 254 g/mol. The van der Waals surface area contributed by atoms with Crippen LogP contribution in [-0.4, -0.2) is 19.5 Å². The summed E-state index contributed by atoms with van der Waals surface area (Å²) < 4.78 is 0. The summed E-state index contributed by atoms with van der Waals surface area (Å²) in [6.07, 6.45) is 1.38. The van der Waals surface area contributed by atoms with Crippen LogP contribution in [0.2, 0.25) is 5.02 Å². The molecule has 0 bridgehead atoms. The van der Waals surface area contributed by atoms with Gasteiger partial charge in [0.2, 0.25) is 5.91 Å². The minimum atomic E-state index is -0.604. The lowest BCUT2D eigenvalue weighted by Gasteiger charge is -2.30. The minimum absolute atomic E-state index is 0.280. The number of benzene rings is 1. The number of hydrogen-bond donors (Lipinski definition) is 2. The molecule has 3 nitrogen and oxygen atoms in total. The van der Waals surface area contributed by atoms with Crippen LogP contribution in [0.1, 0.15) is 25.3 Å². The largest absolute Gasteiger partial charge is 0.369 e. The Hall–Kier alpha value is -1.06. The molecule has 1 unspecified atom stereocenters. The van der Waals surface area contributed by atoms with Gasteiger partial charge in [0.15, 0.2) is 0 Å². The van der Waals surface area contributed by atoms with Gasteiger partial charge in [0.25, 0.3) is 0 Å². The predicted octanol–water partition coefficient (Wildman–Crippen LogP) is 2.08. The average molecular weight is 255 g/mol. The number of rotatable bonds is 6. The van der Waals surface area contributed by atoms with E-state index in [0.717, 1.165) is 12.1 Å². The van der Waals surface area contributed by atoms with Crippen LogP contribution in [0.3, 0.4) is 0 Å². The number of nitrogens with two attached hydrogens (primary N) is 1. The minimum Gasteiger partial charge on any atom is -0.369 e. The molecule has 3 N–H and O–H groups in total. The number of carbonyl (C=O) groups excluding carboxylic acids is 1. The molecule has 1 aromatic carbocycles. The second-order valence-corrected chi connectivity index (χ2v) is 4.60. The third-order valence-electron chi connectivity index (χ3n) is 3.27. The van der Waals surface area contributed by atoms with E-state index in [1.54, 1.807) is 12.1 Å². The first-order valence-corrected chi connectivity index (χ1v) is 6.15. The Morgan fingerprint density at radius 3 is 2.41 bits per heavy atom. The van der Waals surface area contributed by atoms with Gasteiger partial charge in [0, 0.05) is 5.02 Å². The number of nitrogens with one attached hydrogen (secondary N) is 1. The fourth-order valence-electron chi connectivity index (χ4n) is 2.07. The van der Waals surface area contributed by atoms with Gasteiger partial charge in [-0.2, -0.15) is 0 Å². The third-order valence-corrected chi connectivity index (χ3v) is 3.53. The maximum atomic E-state index is 11.8. The number of amides is 1. The summed E-state index contributed by atoms with van der Waals surface area (Å²) in [7, 11) is 1.86. The fraction of sp³-hybridized carbons (Fsp3) is 0.462. The van der Waals surface area contributed by atoms with Crippen LogP contribution < -0.4 is 11.1 Å². The van der Waals surface area contributed by atoms with Crippen molar-refractivity contribution < 1.29 is 4.79 Å². The molecule has 1 atom stereocenters. The van der Waals surface area contributed by atoms with E-state index in [9.17, 15) is 4.79 Å². The van der Waals surface area contributed by atoms with Crippen LogP contribution >= 0.6 is 11.6 Å². The van der Waals surface area contributed by atoms with Crippen molar-refractivity contribution in [1.82, 2.24) is 5.32 Å². The molecule has 1 aromatic rings. The number of halogens is 1. The molecule has 0 fully saturated rings. The molecule has 0 aromatic heterocycles. The molecule has 4 heteroatoms. The lowest BCUT2D eigenvalue weighted by atomic mass is 9.74. The van der Waals surface area contributed by atoms with Crippen LogP contribution in [0.25, 0.3) is 0 Å². The molecule has 0 aliphatic heterocycles. The van der Waals surface area contributed by atoms with E-state index in [4.69, 9.17) is 17.3 Å². The summed E-state index contributed by atoms with van der Waals surface area (Å²) in [5.74, 6) is -0.280. The van der Waals surface area contributed by atoms with Gasteiger partial charge in [0.05, 0.1) is 5.41 Å². The van der Waals surface area contributed by atoms with Gasteiger partial charge >= 0.3 is 0 Å². The van der Waals surface area contributed by atoms with Gasteiger partial charge in [-0.25, -0.2) is 0 Å². The standard InChI is InChI=1S/C13H19ClN2O/c1-3-13(12(15)17,8-9-16-2)10-4-6-11(14)7-5-10/h4-7,16H,3,8-9H2,1-2H3,(H2,15,17). The Balaban J connectivity index is 3.12. The number of primary amides is 1. The van der Waals surface area contributed by atoms with Crippen molar-refractivity contribution in [3.63, 3.8) is 0 Å². The van der Waals surface area contributed by atoms with Crippen molar-refractivity contribution in [3.05, 3.63) is 34.9 Å². The van der Waals surface area contributed by atoms with Gasteiger partial charge in [-0.1, -0.05) is 30.7 Å². The van der Waals surface area contributed by atoms with Gasteiger partial charge in [-0.05, 0) is 44.1 Å². The normalized spacial score (nSPS) is 14.3. The summed E-state index contributed by atoms with van der Waals surface area (Å²) in [6.45, 7) is 2.73. The molecular formula is C13H19ClN2O. The van der Waals surface area contributed by atoms with Crippen LogP contribution in [0, 0.1) is 0 Å². The van der Waals surface area contributed by atoms with Crippen LogP contribution in [0.4, 0.5) is 0 Å². The predicted molar refractivity (Wildman–Crippen MR) is 71.2 cm³/mol. The average Bonchev–Trinajstić information content (AvgIpc) is 2.32. The Labute approximate surface area is 107 Å². The lowest BCUT2D eigenvalue weighted by Crippen LogP contribution is -2.42. The number of hydrogen-bond acceptors (Lipinski definition) is 2. The third kappa shape index (κ3) is 2.99. The van der Waals surface area contributed by atoms with Gasteiger partial charge in [0.1, 0.15) is 0 Å². The van der Waals surface area contributed by atoms with Crippen molar-refractivity contribution in [2.24, 2.45) is 5.73 Å². The zero-order valence-corrected chi connectivity index (χ0v) is 11.1. The van der Waals surface area contributed by atoms with E-state index in [0.29, 0.717) is 17.9 Å². The highest BCUT2D eigenvalue weighted by atomic mass is 35.5. The molecule has 17 heavy (non-hydrogen) atoms. The molecule has 1 rings (SSSR count). The second-order valence-electron chi connectivity index (χ2n) is 4.16. The van der Waals surface area contributed by atoms with E-state index in [2.05, 4.69) is 5.32 Å². The van der Waals surface area contributed by atoms with Gasteiger partial charge in [-0.3, -0.25) is 4.79 Å². The maximum Gasteiger partial charge on any atom is 0.228 e. The van der Waals surface area contributed by atoms with Crippen molar-refractivity contribution in [3.8, 4) is 0 Å². The van der Waals surface area contributed by atoms with E-state index in [-0.39, 0.29) is 5.91 Å². The zero-order chi connectivity index (χ0) is 12.9. The topological polar surface area (TPSA) is 55.1 Å². The lowest BCUT2D eigenvalue weighted by molar-refractivity contribution is -0.124. The maximum absolute atomic E-state index is 11.8. The van der Waals surface area contributed by atoms with E-state index < -0.39 is 5.41 Å². The summed E-state index contributed by atoms with van der Waals surface area (Å²) in [5, 5.41) is 3.72. The molecule has 0 heterocycles. The summed E-state index contributed by atoms with van der Waals surface area (Å²) >= 11 is 5.86. The molecule has 0 saturated carbocycles. The van der Waals surface area contributed by atoms with Crippen LogP contribution in [0.5, 0.6) is 0 Å². The van der Waals surface area contributed by atoms with Gasteiger partial charge < -0.3 is 11.1 Å². The van der Waals surface area contributed by atoms with Crippen LogP contribution in [0.15, 0.2) is 24.3 Å². The second kappa shape index (κ2) is 6.03. The van der Waals surface area contributed by atoms with E-state index in [1.807, 2.05) is 26.1 Å². The Bertz CT molecular complexity index is 378. The summed E-state index contributed by atoms with van der Waals surface area (Å²) in [6, 6.07) is 7.35. The summed E-state index contributed by atoms with van der Waals surface area (Å²) in [4.78, 5) is 11.8. The molecule has 0 aliphatic rings. The van der Waals surface area contributed by atoms with Crippen molar-refractivity contribution in [1.29, 1.82) is 0 Å². The highest BCUT2D eigenvalue weighted by molar-refractivity contribution is 6.30. The first-order chi connectivity index (χ1) is 8.06. The Morgan fingerprint density at radius 2 is 2.00 bits per heavy atom. The quantitative estimate of drug-likeness (QED) is 0.817. The SMILES string of the molecule is CCC(CCNC)(C(N)=O)c1ccc(Cl)cc1. The first-order valence-electron chi connectivity index (χ1n) is 5.77. The zero-order valence-electron chi connectivity index (χ0n) is 10.3. The molecule has 94 valence electrons. The van der Waals surface area contributed by atoms with Crippen LogP contribution in [-0.2, 0) is 10.2 Å². The molecule has 1 amide bonds. The molecular weight excluding hydrogens is 236 g/mol. The van der Waals surface area contributed by atoms with Gasteiger partial charge in [-0.15, -0.1) is 0 Å². The Morgan fingerprint density at radius 1 is 1.41 bits per heavy atom. The molecule has 0 radical (unpaired) electrons. The van der Waals surface area contributed by atoms with Crippen molar-refractivity contribution >= 4 is 17.5 Å². The molecule has 0 saturated heterocycles. The molecule has 0 aliphatic carbocycles. The Kier molecular flexibility index (Phi) is 4.97. The summed E-state index contributed by atoms with van der Waals surface area (Å²) in [5.41, 5.74) is 5.93. The van der Waals surface area contributed by atoms with Crippen molar-refractivity contribution in [2.75, 3.05) is 13.6 Å². The highest BCUT2D eigenvalue weighted by Gasteiger charge is 2.35. The van der Waals surface area contributed by atoms with Crippen molar-refractivity contribution in [2.45, 2.75) is 25.2 Å². The fourth-order valence-corrected chi connectivity index (χ4v) is 2.20. The first kappa shape index (κ1) is 14.0.